The molecule has 3 aromatic carbocycles. The molecule has 0 heterocycles. The Morgan fingerprint density at radius 2 is 0.882 bits per heavy atom. The fraction of sp³-hybridized carbons (Fsp3) is 0.467. The van der Waals surface area contributed by atoms with Gasteiger partial charge in [0, 0.05) is 0 Å². The summed E-state index contributed by atoms with van der Waals surface area (Å²) in [4.78, 5) is 25.3. The molecule has 182 valence electrons. The summed E-state index contributed by atoms with van der Waals surface area (Å²) in [6.07, 6.45) is 0.607. The SMILES string of the molecule is CC(CC(=O)OC(C)(C)C)c1c2ccccc2c(C(C)CC(=O)OC(C)(C)C)c2ccccc12. The van der Waals surface area contributed by atoms with Gasteiger partial charge in [0.2, 0.25) is 0 Å². The van der Waals surface area contributed by atoms with Crippen LogP contribution < -0.4 is 0 Å². The third-order valence-electron chi connectivity index (χ3n) is 5.79. The van der Waals surface area contributed by atoms with Crippen molar-refractivity contribution in [3.05, 3.63) is 59.7 Å². The largest absolute Gasteiger partial charge is 0.460 e. The molecule has 0 bridgehead atoms. The van der Waals surface area contributed by atoms with E-state index >= 15 is 0 Å². The van der Waals surface area contributed by atoms with Gasteiger partial charge in [-0.05, 0) is 86.1 Å². The van der Waals surface area contributed by atoms with Gasteiger partial charge in [-0.2, -0.15) is 0 Å². The first-order chi connectivity index (χ1) is 15.8. The van der Waals surface area contributed by atoms with Crippen LogP contribution in [0.3, 0.4) is 0 Å². The summed E-state index contributed by atoms with van der Waals surface area (Å²) in [7, 11) is 0. The second kappa shape index (κ2) is 9.77. The normalized spacial score (nSPS) is 14.1. The standard InChI is InChI=1S/C30H38O4/c1-19(17-25(31)33-29(3,4)5)27-21-13-9-11-15-23(21)28(24-16-12-10-14-22(24)27)20(2)18-26(32)34-30(6,7)8/h9-16,19-20H,17-18H2,1-8H3. The van der Waals surface area contributed by atoms with Crippen LogP contribution in [0.1, 0.15) is 91.2 Å². The van der Waals surface area contributed by atoms with Crippen molar-refractivity contribution in [3.63, 3.8) is 0 Å². The third kappa shape index (κ3) is 6.16. The predicted molar refractivity (Wildman–Crippen MR) is 139 cm³/mol. The van der Waals surface area contributed by atoms with Gasteiger partial charge in [0.1, 0.15) is 11.2 Å². The highest BCUT2D eigenvalue weighted by molar-refractivity contribution is 6.07. The minimum atomic E-state index is -0.512. The average molecular weight is 463 g/mol. The Hall–Kier alpha value is -2.88. The zero-order valence-electron chi connectivity index (χ0n) is 21.8. The number of esters is 2. The van der Waals surface area contributed by atoms with Crippen LogP contribution in [0.5, 0.6) is 0 Å². The summed E-state index contributed by atoms with van der Waals surface area (Å²) in [5.41, 5.74) is 1.26. The Morgan fingerprint density at radius 1 is 0.618 bits per heavy atom. The van der Waals surface area contributed by atoms with Crippen LogP contribution in [0.25, 0.3) is 21.5 Å². The summed E-state index contributed by atoms with van der Waals surface area (Å²) < 4.78 is 11.2. The van der Waals surface area contributed by atoms with Crippen LogP contribution in [0, 0.1) is 0 Å². The van der Waals surface area contributed by atoms with E-state index in [2.05, 4.69) is 38.1 Å². The molecule has 2 unspecified atom stereocenters. The molecule has 0 aliphatic heterocycles. The summed E-state index contributed by atoms with van der Waals surface area (Å²) in [5.74, 6) is -0.453. The molecule has 2 atom stereocenters. The van der Waals surface area contributed by atoms with Gasteiger partial charge in [0.15, 0.2) is 0 Å². The van der Waals surface area contributed by atoms with E-state index < -0.39 is 11.2 Å². The van der Waals surface area contributed by atoms with Gasteiger partial charge in [-0.15, -0.1) is 0 Å². The van der Waals surface area contributed by atoms with Gasteiger partial charge in [0.05, 0.1) is 12.8 Å². The number of fused-ring (bicyclic) bond motifs is 2. The van der Waals surface area contributed by atoms with Crippen molar-refractivity contribution in [2.45, 2.75) is 91.3 Å². The lowest BCUT2D eigenvalue weighted by molar-refractivity contribution is -0.156. The minimum Gasteiger partial charge on any atom is -0.460 e. The van der Waals surface area contributed by atoms with Crippen LogP contribution in [-0.2, 0) is 19.1 Å². The molecule has 0 saturated carbocycles. The van der Waals surface area contributed by atoms with Crippen LogP contribution in [0.2, 0.25) is 0 Å². The maximum absolute atomic E-state index is 12.7. The van der Waals surface area contributed by atoms with Gasteiger partial charge >= 0.3 is 11.9 Å². The van der Waals surface area contributed by atoms with Crippen molar-refractivity contribution in [3.8, 4) is 0 Å². The fourth-order valence-electron chi connectivity index (χ4n) is 4.73. The molecule has 0 N–H and O–H groups in total. The smallest absolute Gasteiger partial charge is 0.306 e. The number of ether oxygens (including phenoxy) is 2. The maximum Gasteiger partial charge on any atom is 0.306 e. The Morgan fingerprint density at radius 3 is 1.12 bits per heavy atom. The fourth-order valence-corrected chi connectivity index (χ4v) is 4.73. The summed E-state index contributed by atoms with van der Waals surface area (Å²) in [5, 5.41) is 4.46. The molecular formula is C30H38O4. The topological polar surface area (TPSA) is 52.6 Å². The molecule has 0 amide bonds. The molecule has 0 spiro atoms. The van der Waals surface area contributed by atoms with E-state index in [4.69, 9.17) is 9.47 Å². The van der Waals surface area contributed by atoms with E-state index in [0.29, 0.717) is 12.8 Å². The molecule has 4 nitrogen and oxygen atoms in total. The minimum absolute atomic E-state index is 0.0279. The lowest BCUT2D eigenvalue weighted by atomic mass is 9.81. The first-order valence-electron chi connectivity index (χ1n) is 12.1. The summed E-state index contributed by atoms with van der Waals surface area (Å²) in [6.45, 7) is 15.5. The molecule has 34 heavy (non-hydrogen) atoms. The Kier molecular flexibility index (Phi) is 7.40. The van der Waals surface area contributed by atoms with E-state index in [1.807, 2.05) is 65.8 Å². The first-order valence-corrected chi connectivity index (χ1v) is 12.1. The van der Waals surface area contributed by atoms with Crippen LogP contribution in [0.4, 0.5) is 0 Å². The first kappa shape index (κ1) is 25.7. The number of hydrogen-bond acceptors (Lipinski definition) is 4. The van der Waals surface area contributed by atoms with Crippen LogP contribution in [0.15, 0.2) is 48.5 Å². The van der Waals surface area contributed by atoms with E-state index in [-0.39, 0.29) is 23.8 Å². The van der Waals surface area contributed by atoms with Gasteiger partial charge in [0.25, 0.3) is 0 Å². The van der Waals surface area contributed by atoms with Gasteiger partial charge < -0.3 is 9.47 Å². The zero-order valence-corrected chi connectivity index (χ0v) is 21.8. The summed E-state index contributed by atoms with van der Waals surface area (Å²) >= 11 is 0. The summed E-state index contributed by atoms with van der Waals surface area (Å²) in [6, 6.07) is 16.6. The quantitative estimate of drug-likeness (QED) is 0.279. The van der Waals surface area contributed by atoms with Crippen LogP contribution >= 0.6 is 0 Å². The van der Waals surface area contributed by atoms with Crippen molar-refractivity contribution < 1.29 is 19.1 Å². The second-order valence-corrected chi connectivity index (χ2v) is 11.3. The number of carbonyl (C=O) groups excluding carboxylic acids is 2. The molecule has 0 aliphatic rings. The van der Waals surface area contributed by atoms with Crippen molar-refractivity contribution in [1.82, 2.24) is 0 Å². The molecule has 0 radical (unpaired) electrons. The highest BCUT2D eigenvalue weighted by Crippen LogP contribution is 2.42. The number of rotatable bonds is 6. The van der Waals surface area contributed by atoms with Gasteiger partial charge in [-0.1, -0.05) is 62.4 Å². The molecular weight excluding hydrogens is 424 g/mol. The molecule has 0 fully saturated rings. The maximum atomic E-state index is 12.7. The van der Waals surface area contributed by atoms with E-state index in [1.54, 1.807) is 0 Å². The molecule has 0 saturated heterocycles. The lowest BCUT2D eigenvalue weighted by Gasteiger charge is -2.25. The van der Waals surface area contributed by atoms with Crippen molar-refractivity contribution in [1.29, 1.82) is 0 Å². The van der Waals surface area contributed by atoms with Gasteiger partial charge in [-0.3, -0.25) is 9.59 Å². The van der Waals surface area contributed by atoms with Crippen molar-refractivity contribution in [2.75, 3.05) is 0 Å². The molecule has 0 aliphatic carbocycles. The van der Waals surface area contributed by atoms with Crippen molar-refractivity contribution >= 4 is 33.5 Å². The Balaban J connectivity index is 2.11. The monoisotopic (exact) mass is 462 g/mol. The van der Waals surface area contributed by atoms with E-state index in [1.165, 1.54) is 0 Å². The second-order valence-electron chi connectivity index (χ2n) is 11.3. The average Bonchev–Trinajstić information content (AvgIpc) is 2.68. The van der Waals surface area contributed by atoms with Crippen molar-refractivity contribution in [2.24, 2.45) is 0 Å². The molecule has 3 aromatic rings. The van der Waals surface area contributed by atoms with E-state index in [9.17, 15) is 9.59 Å². The number of benzene rings is 3. The third-order valence-corrected chi connectivity index (χ3v) is 5.79. The highest BCUT2D eigenvalue weighted by atomic mass is 16.6. The number of hydrogen-bond donors (Lipinski definition) is 0. The lowest BCUT2D eigenvalue weighted by Crippen LogP contribution is -2.25. The Labute approximate surface area is 203 Å². The number of carbonyl (C=O) groups is 2. The Bertz CT molecular complexity index is 1040. The zero-order chi connectivity index (χ0) is 25.3. The van der Waals surface area contributed by atoms with E-state index in [0.717, 1.165) is 32.7 Å². The predicted octanol–water partition coefficient (Wildman–Crippen LogP) is 7.66. The van der Waals surface area contributed by atoms with Crippen LogP contribution in [-0.4, -0.2) is 23.1 Å². The molecule has 0 aromatic heterocycles. The molecule has 3 rings (SSSR count). The molecule has 4 heteroatoms. The highest BCUT2D eigenvalue weighted by Gasteiger charge is 2.26. The van der Waals surface area contributed by atoms with Gasteiger partial charge in [-0.25, -0.2) is 0 Å².